The van der Waals surface area contributed by atoms with Gasteiger partial charge < -0.3 is 9.88 Å². The minimum atomic E-state index is -0.148. The predicted molar refractivity (Wildman–Crippen MR) is 55.7 cm³/mol. The van der Waals surface area contributed by atoms with Crippen molar-refractivity contribution in [2.45, 2.75) is 6.54 Å². The van der Waals surface area contributed by atoms with E-state index in [4.69, 9.17) is 0 Å². The number of imidazole rings is 1. The number of amides is 1. The van der Waals surface area contributed by atoms with Crippen LogP contribution in [0.2, 0.25) is 0 Å². The lowest BCUT2D eigenvalue weighted by Crippen LogP contribution is -2.14. The van der Waals surface area contributed by atoms with E-state index in [2.05, 4.69) is 10.3 Å². The largest absolute Gasteiger partial charge is 0.322 e. The van der Waals surface area contributed by atoms with Crippen molar-refractivity contribution in [2.24, 2.45) is 0 Å². The van der Waals surface area contributed by atoms with E-state index in [-0.39, 0.29) is 5.91 Å². The molecule has 2 aromatic rings. The summed E-state index contributed by atoms with van der Waals surface area (Å²) in [6, 6.07) is 7.78. The highest BCUT2D eigenvalue weighted by atomic mass is 16.2. The van der Waals surface area contributed by atoms with Crippen LogP contribution in [0.1, 0.15) is 16.2 Å². The van der Waals surface area contributed by atoms with Gasteiger partial charge >= 0.3 is 0 Å². The Hall–Kier alpha value is -2.10. The van der Waals surface area contributed by atoms with Crippen molar-refractivity contribution in [1.82, 2.24) is 9.55 Å². The van der Waals surface area contributed by atoms with Crippen molar-refractivity contribution >= 4 is 11.6 Å². The van der Waals surface area contributed by atoms with Crippen molar-refractivity contribution in [3.63, 3.8) is 0 Å². The number of carbonyl (C=O) groups is 1. The summed E-state index contributed by atoms with van der Waals surface area (Å²) in [5, 5.41) is 2.84. The van der Waals surface area contributed by atoms with E-state index in [9.17, 15) is 4.79 Å². The van der Waals surface area contributed by atoms with Crippen molar-refractivity contribution in [3.05, 3.63) is 48.0 Å². The fourth-order valence-electron chi connectivity index (χ4n) is 1.79. The van der Waals surface area contributed by atoms with Crippen molar-refractivity contribution in [3.8, 4) is 0 Å². The highest BCUT2D eigenvalue weighted by Gasteiger charge is 2.18. The maximum absolute atomic E-state index is 11.7. The average molecular weight is 199 g/mol. The van der Waals surface area contributed by atoms with Crippen LogP contribution in [0.4, 0.5) is 5.69 Å². The van der Waals surface area contributed by atoms with E-state index in [1.54, 1.807) is 6.20 Å². The third kappa shape index (κ3) is 1.22. The van der Waals surface area contributed by atoms with Gasteiger partial charge in [-0.2, -0.15) is 0 Å². The Balaban J connectivity index is 2.18. The molecular weight excluding hydrogens is 190 g/mol. The van der Waals surface area contributed by atoms with E-state index in [1.165, 1.54) is 0 Å². The molecule has 15 heavy (non-hydrogen) atoms. The lowest BCUT2D eigenvalue weighted by molar-refractivity contribution is 0.101. The first kappa shape index (κ1) is 8.23. The molecule has 1 aromatic carbocycles. The molecule has 3 rings (SSSR count). The predicted octanol–water partition coefficient (Wildman–Crippen LogP) is 1.50. The number of anilines is 1. The summed E-state index contributed by atoms with van der Waals surface area (Å²) in [5.74, 6) is 0.316. The monoisotopic (exact) mass is 199 g/mol. The smallest absolute Gasteiger partial charge is 0.291 e. The molecule has 4 heteroatoms. The van der Waals surface area contributed by atoms with E-state index in [1.807, 2.05) is 35.0 Å². The van der Waals surface area contributed by atoms with Gasteiger partial charge in [0.25, 0.3) is 5.91 Å². The van der Waals surface area contributed by atoms with E-state index in [0.717, 1.165) is 11.3 Å². The quantitative estimate of drug-likeness (QED) is 0.698. The zero-order valence-electron chi connectivity index (χ0n) is 7.97. The number of benzene rings is 1. The van der Waals surface area contributed by atoms with E-state index in [0.29, 0.717) is 12.4 Å². The highest BCUT2D eigenvalue weighted by molar-refractivity contribution is 6.02. The van der Waals surface area contributed by atoms with Gasteiger partial charge in [0.2, 0.25) is 0 Å². The van der Waals surface area contributed by atoms with Gasteiger partial charge in [0, 0.05) is 18.1 Å². The average Bonchev–Trinajstić information content (AvgIpc) is 2.64. The van der Waals surface area contributed by atoms with Gasteiger partial charge in [-0.1, -0.05) is 18.2 Å². The van der Waals surface area contributed by atoms with Gasteiger partial charge in [-0.25, -0.2) is 4.98 Å². The Kier molecular flexibility index (Phi) is 1.62. The summed E-state index contributed by atoms with van der Waals surface area (Å²) in [5.41, 5.74) is 1.97. The summed E-state index contributed by atoms with van der Waals surface area (Å²) in [6.07, 6.45) is 3.46. The van der Waals surface area contributed by atoms with Gasteiger partial charge in [-0.3, -0.25) is 4.79 Å². The van der Waals surface area contributed by atoms with Gasteiger partial charge in [-0.15, -0.1) is 0 Å². The number of hydrogen-bond acceptors (Lipinski definition) is 2. The maximum atomic E-state index is 11.7. The minimum absolute atomic E-state index is 0.148. The first-order valence-corrected chi connectivity index (χ1v) is 4.75. The molecule has 0 saturated heterocycles. The molecule has 74 valence electrons. The number of nitrogens with one attached hydrogen (secondary N) is 1. The number of para-hydroxylation sites is 1. The number of carbonyl (C=O) groups excluding carboxylic acids is 1. The first-order chi connectivity index (χ1) is 7.34. The number of rotatable bonds is 0. The van der Waals surface area contributed by atoms with Crippen molar-refractivity contribution in [2.75, 3.05) is 5.32 Å². The van der Waals surface area contributed by atoms with Crippen LogP contribution in [-0.2, 0) is 6.54 Å². The second kappa shape index (κ2) is 2.95. The van der Waals surface area contributed by atoms with Gasteiger partial charge in [0.1, 0.15) is 0 Å². The molecule has 1 N–H and O–H groups in total. The van der Waals surface area contributed by atoms with E-state index < -0.39 is 0 Å². The molecule has 0 unspecified atom stereocenters. The molecule has 0 bridgehead atoms. The number of aromatic nitrogens is 2. The zero-order valence-corrected chi connectivity index (χ0v) is 7.97. The second-order valence-corrected chi connectivity index (χ2v) is 3.49. The number of nitrogens with zero attached hydrogens (tertiary/aromatic N) is 2. The van der Waals surface area contributed by atoms with Crippen LogP contribution in [0.3, 0.4) is 0 Å². The summed E-state index contributed by atoms with van der Waals surface area (Å²) in [7, 11) is 0. The van der Waals surface area contributed by atoms with Crippen LogP contribution in [0.25, 0.3) is 0 Å². The molecule has 1 aliphatic heterocycles. The molecule has 2 heterocycles. The fourth-order valence-corrected chi connectivity index (χ4v) is 1.79. The summed E-state index contributed by atoms with van der Waals surface area (Å²) in [6.45, 7) is 0.685. The number of fused-ring (bicyclic) bond motifs is 2. The standard InChI is InChI=1S/C11H9N3O/c15-11-10-12-5-6-14(10)7-8-3-1-2-4-9(8)13-11/h1-6H,7H2,(H,13,15). The molecule has 0 fully saturated rings. The Labute approximate surface area is 86.6 Å². The minimum Gasteiger partial charge on any atom is -0.322 e. The van der Waals surface area contributed by atoms with Crippen molar-refractivity contribution < 1.29 is 4.79 Å². The third-order valence-electron chi connectivity index (χ3n) is 2.52. The second-order valence-electron chi connectivity index (χ2n) is 3.49. The Morgan fingerprint density at radius 3 is 3.13 bits per heavy atom. The number of hydrogen-bond donors (Lipinski definition) is 1. The van der Waals surface area contributed by atoms with Crippen LogP contribution in [0, 0.1) is 0 Å². The molecule has 0 aliphatic carbocycles. The molecule has 0 atom stereocenters. The molecule has 1 amide bonds. The molecular formula is C11H9N3O. The van der Waals surface area contributed by atoms with Crippen LogP contribution >= 0.6 is 0 Å². The Bertz CT molecular complexity index is 530. The molecule has 1 aromatic heterocycles. The van der Waals surface area contributed by atoms with Crippen LogP contribution < -0.4 is 5.32 Å². The fraction of sp³-hybridized carbons (Fsp3) is 0.0909. The molecule has 4 nitrogen and oxygen atoms in total. The van der Waals surface area contributed by atoms with Crippen LogP contribution in [0.5, 0.6) is 0 Å². The lowest BCUT2D eigenvalue weighted by Gasteiger charge is -2.04. The van der Waals surface area contributed by atoms with Crippen LogP contribution in [0.15, 0.2) is 36.7 Å². The first-order valence-electron chi connectivity index (χ1n) is 4.75. The Morgan fingerprint density at radius 1 is 1.33 bits per heavy atom. The summed E-state index contributed by atoms with van der Waals surface area (Å²) in [4.78, 5) is 15.8. The normalized spacial score (nSPS) is 13.7. The SMILES string of the molecule is O=C1Nc2ccccc2Cn2ccnc21. The Morgan fingerprint density at radius 2 is 2.20 bits per heavy atom. The third-order valence-corrected chi connectivity index (χ3v) is 2.52. The molecule has 0 radical (unpaired) electrons. The maximum Gasteiger partial charge on any atom is 0.291 e. The van der Waals surface area contributed by atoms with Gasteiger partial charge in [-0.05, 0) is 11.6 Å². The van der Waals surface area contributed by atoms with E-state index >= 15 is 0 Å². The van der Waals surface area contributed by atoms with Gasteiger partial charge in [0.15, 0.2) is 5.82 Å². The molecule has 0 saturated carbocycles. The summed E-state index contributed by atoms with van der Waals surface area (Å²) < 4.78 is 1.85. The van der Waals surface area contributed by atoms with Crippen LogP contribution in [-0.4, -0.2) is 15.5 Å². The summed E-state index contributed by atoms with van der Waals surface area (Å²) >= 11 is 0. The molecule has 1 aliphatic rings. The molecule has 0 spiro atoms. The lowest BCUT2D eigenvalue weighted by atomic mass is 10.2. The zero-order chi connectivity index (χ0) is 10.3. The van der Waals surface area contributed by atoms with Crippen molar-refractivity contribution in [1.29, 1.82) is 0 Å². The topological polar surface area (TPSA) is 46.9 Å². The van der Waals surface area contributed by atoms with Gasteiger partial charge in [0.05, 0.1) is 6.54 Å². The highest BCUT2D eigenvalue weighted by Crippen LogP contribution is 2.20.